The Balaban J connectivity index is 2.80. The summed E-state index contributed by atoms with van der Waals surface area (Å²) in [6.45, 7) is 4.00. The minimum atomic E-state index is -0.526. The first-order chi connectivity index (χ1) is 9.99. The van der Waals surface area contributed by atoms with Gasteiger partial charge in [0.2, 0.25) is 0 Å². The van der Waals surface area contributed by atoms with E-state index < -0.39 is 11.9 Å². The molecule has 0 spiro atoms. The molecular weight excluding hydrogens is 315 g/mol. The van der Waals surface area contributed by atoms with Crippen LogP contribution in [0, 0.1) is 0 Å². The topological polar surface area (TPSA) is 52.6 Å². The standard InChI is InChI=1S/C15H18Cl2O4/c1-3-5-6-7-13(18)21-14-11(16)8-10(9-12(14)17)15(19)20-4-2/h8-9H,3-7H2,1-2H3. The summed E-state index contributed by atoms with van der Waals surface area (Å²) >= 11 is 12.0. The van der Waals surface area contributed by atoms with E-state index in [0.29, 0.717) is 6.42 Å². The van der Waals surface area contributed by atoms with Crippen LogP contribution in [0.1, 0.15) is 49.9 Å². The number of halogens is 2. The monoisotopic (exact) mass is 332 g/mol. The van der Waals surface area contributed by atoms with Crippen molar-refractivity contribution in [3.05, 3.63) is 27.7 Å². The highest BCUT2D eigenvalue weighted by Crippen LogP contribution is 2.34. The molecule has 0 N–H and O–H groups in total. The minimum Gasteiger partial charge on any atom is -0.462 e. The van der Waals surface area contributed by atoms with Crippen molar-refractivity contribution in [2.45, 2.75) is 39.5 Å². The molecule has 4 nitrogen and oxygen atoms in total. The van der Waals surface area contributed by atoms with Gasteiger partial charge in [-0.25, -0.2) is 4.79 Å². The van der Waals surface area contributed by atoms with Crippen LogP contribution in [0.4, 0.5) is 0 Å². The van der Waals surface area contributed by atoms with E-state index in [1.54, 1.807) is 6.92 Å². The number of benzene rings is 1. The maximum Gasteiger partial charge on any atom is 0.338 e. The predicted octanol–water partition coefficient (Wildman–Crippen LogP) is 4.66. The highest BCUT2D eigenvalue weighted by molar-refractivity contribution is 6.37. The van der Waals surface area contributed by atoms with Gasteiger partial charge in [-0.3, -0.25) is 4.79 Å². The fraction of sp³-hybridized carbons (Fsp3) is 0.467. The van der Waals surface area contributed by atoms with E-state index >= 15 is 0 Å². The first-order valence-corrected chi connectivity index (χ1v) is 7.62. The second-order valence-electron chi connectivity index (χ2n) is 4.42. The number of ether oxygens (including phenoxy) is 2. The van der Waals surface area contributed by atoms with Gasteiger partial charge < -0.3 is 9.47 Å². The van der Waals surface area contributed by atoms with Crippen LogP contribution in [-0.4, -0.2) is 18.5 Å². The predicted molar refractivity (Wildman–Crippen MR) is 82.2 cm³/mol. The number of rotatable bonds is 7. The molecule has 0 aliphatic heterocycles. The second-order valence-corrected chi connectivity index (χ2v) is 5.24. The molecule has 0 aliphatic carbocycles. The van der Waals surface area contributed by atoms with Gasteiger partial charge in [0.1, 0.15) is 0 Å². The Kier molecular flexibility index (Phi) is 7.54. The first kappa shape index (κ1) is 17.8. The van der Waals surface area contributed by atoms with Crippen molar-refractivity contribution in [3.63, 3.8) is 0 Å². The molecule has 116 valence electrons. The molecular formula is C15H18Cl2O4. The maximum atomic E-state index is 11.7. The maximum absolute atomic E-state index is 11.7. The molecule has 1 aromatic carbocycles. The average molecular weight is 333 g/mol. The molecule has 0 unspecified atom stereocenters. The summed E-state index contributed by atoms with van der Waals surface area (Å²) in [5.74, 6) is -0.842. The third-order valence-electron chi connectivity index (χ3n) is 2.71. The smallest absolute Gasteiger partial charge is 0.338 e. The van der Waals surface area contributed by atoms with Crippen LogP contribution < -0.4 is 4.74 Å². The van der Waals surface area contributed by atoms with Gasteiger partial charge in [-0.15, -0.1) is 0 Å². The molecule has 0 atom stereocenters. The first-order valence-electron chi connectivity index (χ1n) is 6.86. The van der Waals surface area contributed by atoms with Gasteiger partial charge in [-0.05, 0) is 25.5 Å². The third kappa shape index (κ3) is 5.56. The van der Waals surface area contributed by atoms with Crippen LogP contribution in [0.3, 0.4) is 0 Å². The molecule has 0 radical (unpaired) electrons. The number of hydrogen-bond donors (Lipinski definition) is 0. The third-order valence-corrected chi connectivity index (χ3v) is 3.27. The molecule has 21 heavy (non-hydrogen) atoms. The van der Waals surface area contributed by atoms with Gasteiger partial charge in [0.15, 0.2) is 5.75 Å². The van der Waals surface area contributed by atoms with Gasteiger partial charge in [0.05, 0.1) is 22.2 Å². The van der Waals surface area contributed by atoms with E-state index in [4.69, 9.17) is 32.7 Å². The van der Waals surface area contributed by atoms with Gasteiger partial charge in [0, 0.05) is 6.42 Å². The van der Waals surface area contributed by atoms with Gasteiger partial charge in [-0.2, -0.15) is 0 Å². The molecule has 1 aromatic rings. The Morgan fingerprint density at radius 2 is 1.71 bits per heavy atom. The van der Waals surface area contributed by atoms with Crippen molar-refractivity contribution in [3.8, 4) is 5.75 Å². The van der Waals surface area contributed by atoms with Crippen LogP contribution in [0.25, 0.3) is 0 Å². The number of unbranched alkanes of at least 4 members (excludes halogenated alkanes) is 2. The van der Waals surface area contributed by atoms with Crippen molar-refractivity contribution >= 4 is 35.1 Å². The van der Waals surface area contributed by atoms with Crippen LogP contribution in [0.15, 0.2) is 12.1 Å². The molecule has 0 bridgehead atoms. The lowest BCUT2D eigenvalue weighted by atomic mass is 10.2. The Labute approximate surface area is 134 Å². The molecule has 0 aromatic heterocycles. The summed E-state index contributed by atoms with van der Waals surface area (Å²) < 4.78 is 10.0. The Morgan fingerprint density at radius 3 is 2.24 bits per heavy atom. The zero-order valence-electron chi connectivity index (χ0n) is 12.1. The quantitative estimate of drug-likeness (QED) is 0.414. The molecule has 6 heteroatoms. The van der Waals surface area contributed by atoms with Gasteiger partial charge >= 0.3 is 11.9 Å². The van der Waals surface area contributed by atoms with E-state index in [0.717, 1.165) is 19.3 Å². The van der Waals surface area contributed by atoms with E-state index in [2.05, 4.69) is 0 Å². The summed E-state index contributed by atoms with van der Waals surface area (Å²) in [6.07, 6.45) is 3.03. The van der Waals surface area contributed by atoms with Gasteiger partial charge in [0.25, 0.3) is 0 Å². The molecule has 0 saturated carbocycles. The largest absolute Gasteiger partial charge is 0.462 e. The van der Waals surface area contributed by atoms with Crippen molar-refractivity contribution in [1.29, 1.82) is 0 Å². The molecule has 0 amide bonds. The Morgan fingerprint density at radius 1 is 1.10 bits per heavy atom. The summed E-state index contributed by atoms with van der Waals surface area (Å²) in [6, 6.07) is 2.75. The lowest BCUT2D eigenvalue weighted by Gasteiger charge is -2.10. The van der Waals surface area contributed by atoms with E-state index in [1.807, 2.05) is 6.92 Å². The second kappa shape index (κ2) is 8.90. The molecule has 0 saturated heterocycles. The van der Waals surface area contributed by atoms with Crippen molar-refractivity contribution in [2.24, 2.45) is 0 Å². The highest BCUT2D eigenvalue weighted by Gasteiger charge is 2.17. The summed E-state index contributed by atoms with van der Waals surface area (Å²) in [5.41, 5.74) is 0.220. The SMILES string of the molecule is CCCCCC(=O)Oc1c(Cl)cc(C(=O)OCC)cc1Cl. The lowest BCUT2D eigenvalue weighted by Crippen LogP contribution is -2.09. The van der Waals surface area contributed by atoms with Crippen molar-refractivity contribution in [2.75, 3.05) is 6.61 Å². The van der Waals surface area contributed by atoms with E-state index in [-0.39, 0.29) is 28.0 Å². The van der Waals surface area contributed by atoms with Crippen molar-refractivity contribution in [1.82, 2.24) is 0 Å². The lowest BCUT2D eigenvalue weighted by molar-refractivity contribution is -0.134. The fourth-order valence-electron chi connectivity index (χ4n) is 1.67. The number of hydrogen-bond acceptors (Lipinski definition) is 4. The normalized spacial score (nSPS) is 10.3. The molecule has 1 rings (SSSR count). The summed E-state index contributed by atoms with van der Waals surface area (Å²) in [4.78, 5) is 23.3. The highest BCUT2D eigenvalue weighted by atomic mass is 35.5. The average Bonchev–Trinajstić information content (AvgIpc) is 2.43. The molecule has 0 heterocycles. The van der Waals surface area contributed by atoms with Crippen LogP contribution in [-0.2, 0) is 9.53 Å². The summed E-state index contributed by atoms with van der Waals surface area (Å²) in [7, 11) is 0. The minimum absolute atomic E-state index is 0.0767. The molecule has 0 aliphatic rings. The van der Waals surface area contributed by atoms with Crippen LogP contribution >= 0.6 is 23.2 Å². The van der Waals surface area contributed by atoms with Crippen LogP contribution in [0.2, 0.25) is 10.0 Å². The van der Waals surface area contributed by atoms with Crippen LogP contribution in [0.5, 0.6) is 5.75 Å². The van der Waals surface area contributed by atoms with Crippen molar-refractivity contribution < 1.29 is 19.1 Å². The summed E-state index contributed by atoms with van der Waals surface area (Å²) in [5, 5.41) is 0.212. The Hall–Kier alpha value is -1.26. The molecule has 0 fully saturated rings. The van der Waals surface area contributed by atoms with E-state index in [9.17, 15) is 9.59 Å². The Bertz CT molecular complexity index is 491. The van der Waals surface area contributed by atoms with Gasteiger partial charge in [-0.1, -0.05) is 43.0 Å². The number of carbonyl (C=O) groups is 2. The zero-order chi connectivity index (χ0) is 15.8. The van der Waals surface area contributed by atoms with E-state index in [1.165, 1.54) is 12.1 Å². The number of carbonyl (C=O) groups excluding carboxylic acids is 2. The number of esters is 2. The fourth-order valence-corrected chi connectivity index (χ4v) is 2.24. The zero-order valence-corrected chi connectivity index (χ0v) is 13.6.